The molecule has 0 atom stereocenters. The molecule has 3 aromatic rings. The van der Waals surface area contributed by atoms with E-state index in [-0.39, 0.29) is 28.2 Å². The van der Waals surface area contributed by atoms with Crippen LogP contribution in [0.1, 0.15) is 35.9 Å². The van der Waals surface area contributed by atoms with Crippen LogP contribution in [0.25, 0.3) is 10.8 Å². The Bertz CT molecular complexity index is 1160. The molecule has 0 spiro atoms. The first-order valence-electron chi connectivity index (χ1n) is 8.82. The number of nitrogens with one attached hydrogen (secondary N) is 2. The fraction of sp³-hybridized carbons (Fsp3) is 0.200. The summed E-state index contributed by atoms with van der Waals surface area (Å²) in [6, 6.07) is 10.6. The number of amides is 2. The minimum Gasteiger partial charge on any atom is -0.273 e. The quantitative estimate of drug-likeness (QED) is 0.585. The van der Waals surface area contributed by atoms with Crippen LogP contribution in [0.2, 0.25) is 0 Å². The van der Waals surface area contributed by atoms with E-state index in [1.165, 1.54) is 22.9 Å². The maximum absolute atomic E-state index is 13.3. The second-order valence-corrected chi connectivity index (χ2v) is 7.52. The lowest BCUT2D eigenvalue weighted by atomic mass is 10.1. The van der Waals surface area contributed by atoms with Crippen LogP contribution in [0.15, 0.2) is 51.7 Å². The van der Waals surface area contributed by atoms with Crippen molar-refractivity contribution in [2.24, 2.45) is 0 Å². The second kappa shape index (κ2) is 8.52. The van der Waals surface area contributed by atoms with Crippen molar-refractivity contribution >= 4 is 38.5 Å². The van der Waals surface area contributed by atoms with Crippen LogP contribution in [-0.2, 0) is 11.2 Å². The molecule has 3 rings (SSSR count). The van der Waals surface area contributed by atoms with Crippen molar-refractivity contribution in [3.63, 3.8) is 0 Å². The summed E-state index contributed by atoms with van der Waals surface area (Å²) < 4.78 is 14.8. The van der Waals surface area contributed by atoms with E-state index in [2.05, 4.69) is 31.9 Å². The van der Waals surface area contributed by atoms with Crippen molar-refractivity contribution in [3.8, 4) is 0 Å². The van der Waals surface area contributed by atoms with Gasteiger partial charge in [-0.25, -0.2) is 9.07 Å². The molecule has 0 aliphatic carbocycles. The fourth-order valence-electron chi connectivity index (χ4n) is 2.79. The number of carbonyl (C=O) groups excluding carboxylic acids is 2. The highest BCUT2D eigenvalue weighted by Gasteiger charge is 2.18. The van der Waals surface area contributed by atoms with E-state index in [1.54, 1.807) is 38.1 Å². The molecule has 0 aliphatic heterocycles. The number of halogens is 2. The zero-order valence-corrected chi connectivity index (χ0v) is 17.3. The van der Waals surface area contributed by atoms with Gasteiger partial charge in [-0.3, -0.25) is 25.2 Å². The van der Waals surface area contributed by atoms with Crippen LogP contribution in [-0.4, -0.2) is 21.6 Å². The zero-order chi connectivity index (χ0) is 21.1. The lowest BCUT2D eigenvalue weighted by Gasteiger charge is -2.13. The van der Waals surface area contributed by atoms with E-state index in [0.29, 0.717) is 16.3 Å². The molecule has 7 nitrogen and oxygen atoms in total. The normalized spacial score (nSPS) is 10.9. The first kappa shape index (κ1) is 20.7. The molecule has 1 aromatic heterocycles. The topological polar surface area (TPSA) is 93.1 Å². The summed E-state index contributed by atoms with van der Waals surface area (Å²) in [6.45, 7) is 3.57. The summed E-state index contributed by atoms with van der Waals surface area (Å²) in [5.74, 6) is -1.57. The molecule has 0 radical (unpaired) electrons. The van der Waals surface area contributed by atoms with Crippen LogP contribution >= 0.6 is 15.9 Å². The Morgan fingerprint density at radius 1 is 1.14 bits per heavy atom. The van der Waals surface area contributed by atoms with Gasteiger partial charge in [0.15, 0.2) is 5.69 Å². The molecule has 0 aliphatic rings. The molecule has 0 unspecified atom stereocenters. The van der Waals surface area contributed by atoms with E-state index in [0.717, 1.165) is 0 Å². The predicted octanol–water partition coefficient (Wildman–Crippen LogP) is 2.88. The smallest absolute Gasteiger partial charge is 0.273 e. The standard InChI is InChI=1S/C20H18BrFN4O3/c1-11(2)26-20(29)14-6-4-3-5-13(14)18(25-26)19(28)24-23-17(27)10-12-7-8-16(22)15(21)9-12/h3-9,11H,10H2,1-2H3,(H,23,27)(H,24,28). The maximum Gasteiger partial charge on any atom is 0.290 e. The monoisotopic (exact) mass is 460 g/mol. The highest BCUT2D eigenvalue weighted by molar-refractivity contribution is 9.10. The van der Waals surface area contributed by atoms with Crippen molar-refractivity contribution in [1.29, 1.82) is 0 Å². The van der Waals surface area contributed by atoms with Crippen molar-refractivity contribution in [2.45, 2.75) is 26.3 Å². The van der Waals surface area contributed by atoms with Gasteiger partial charge in [0.25, 0.3) is 11.5 Å². The van der Waals surface area contributed by atoms with Gasteiger partial charge in [0, 0.05) is 5.39 Å². The van der Waals surface area contributed by atoms with Gasteiger partial charge < -0.3 is 0 Å². The molecule has 150 valence electrons. The zero-order valence-electron chi connectivity index (χ0n) is 15.7. The molecule has 0 saturated heterocycles. The third-order valence-corrected chi connectivity index (χ3v) is 4.80. The molecule has 9 heteroatoms. The van der Waals surface area contributed by atoms with Gasteiger partial charge in [0.1, 0.15) is 5.82 Å². The Balaban J connectivity index is 1.79. The molecule has 29 heavy (non-hydrogen) atoms. The Labute approximate surface area is 174 Å². The van der Waals surface area contributed by atoms with E-state index >= 15 is 0 Å². The van der Waals surface area contributed by atoms with E-state index in [9.17, 15) is 18.8 Å². The van der Waals surface area contributed by atoms with Gasteiger partial charge in [-0.15, -0.1) is 0 Å². The lowest BCUT2D eigenvalue weighted by Crippen LogP contribution is -2.43. The third-order valence-electron chi connectivity index (χ3n) is 4.20. The van der Waals surface area contributed by atoms with Gasteiger partial charge in [-0.2, -0.15) is 5.10 Å². The largest absolute Gasteiger partial charge is 0.290 e. The molecule has 2 aromatic carbocycles. The fourth-order valence-corrected chi connectivity index (χ4v) is 3.22. The SMILES string of the molecule is CC(C)n1nc(C(=O)NNC(=O)Cc2ccc(F)c(Br)c2)c2ccccc2c1=O. The van der Waals surface area contributed by atoms with Crippen LogP contribution < -0.4 is 16.4 Å². The first-order valence-corrected chi connectivity index (χ1v) is 9.62. The number of hydrazine groups is 1. The first-order chi connectivity index (χ1) is 13.8. The Hall–Kier alpha value is -3.07. The highest BCUT2D eigenvalue weighted by atomic mass is 79.9. The molecule has 2 amide bonds. The van der Waals surface area contributed by atoms with Crippen molar-refractivity contribution in [2.75, 3.05) is 0 Å². The number of carbonyl (C=O) groups is 2. The molecule has 0 fully saturated rings. The van der Waals surface area contributed by atoms with Gasteiger partial charge >= 0.3 is 0 Å². The highest BCUT2D eigenvalue weighted by Crippen LogP contribution is 2.17. The summed E-state index contributed by atoms with van der Waals surface area (Å²) in [6.07, 6.45) is -0.0567. The number of aromatic nitrogens is 2. The summed E-state index contributed by atoms with van der Waals surface area (Å²) in [5, 5.41) is 4.93. The maximum atomic E-state index is 13.3. The van der Waals surface area contributed by atoms with Gasteiger partial charge in [0.05, 0.1) is 22.3 Å². The van der Waals surface area contributed by atoms with E-state index in [1.807, 2.05) is 0 Å². The number of nitrogens with zero attached hydrogens (tertiary/aromatic N) is 2. The van der Waals surface area contributed by atoms with E-state index in [4.69, 9.17) is 0 Å². The Morgan fingerprint density at radius 3 is 2.48 bits per heavy atom. The summed E-state index contributed by atoms with van der Waals surface area (Å²) in [4.78, 5) is 37.3. The third kappa shape index (κ3) is 4.51. The lowest BCUT2D eigenvalue weighted by molar-refractivity contribution is -0.121. The van der Waals surface area contributed by atoms with Crippen LogP contribution in [0.5, 0.6) is 0 Å². The summed E-state index contributed by atoms with van der Waals surface area (Å²) in [5.41, 5.74) is 4.94. The second-order valence-electron chi connectivity index (χ2n) is 6.67. The molecule has 1 heterocycles. The van der Waals surface area contributed by atoms with Gasteiger partial charge in [-0.05, 0) is 53.5 Å². The number of fused-ring (bicyclic) bond motifs is 1. The predicted molar refractivity (Wildman–Crippen MR) is 110 cm³/mol. The Kier molecular flexibility index (Phi) is 6.07. The minimum atomic E-state index is -0.649. The van der Waals surface area contributed by atoms with Crippen molar-refractivity contribution < 1.29 is 14.0 Å². The summed E-state index contributed by atoms with van der Waals surface area (Å²) >= 11 is 3.06. The molecule has 0 saturated carbocycles. The molecular weight excluding hydrogens is 443 g/mol. The van der Waals surface area contributed by atoms with Crippen LogP contribution in [0.3, 0.4) is 0 Å². The number of hydrogen-bond donors (Lipinski definition) is 2. The average Bonchev–Trinajstić information content (AvgIpc) is 2.69. The van der Waals surface area contributed by atoms with E-state index < -0.39 is 17.6 Å². The van der Waals surface area contributed by atoms with Gasteiger partial charge in [0.2, 0.25) is 5.91 Å². The van der Waals surface area contributed by atoms with Crippen molar-refractivity contribution in [3.05, 3.63) is 74.4 Å². The average molecular weight is 461 g/mol. The molecule has 0 bridgehead atoms. The summed E-state index contributed by atoms with van der Waals surface area (Å²) in [7, 11) is 0. The Morgan fingerprint density at radius 2 is 1.83 bits per heavy atom. The number of benzene rings is 2. The molecule has 2 N–H and O–H groups in total. The minimum absolute atomic E-state index is 0.0266. The van der Waals surface area contributed by atoms with Crippen LogP contribution in [0.4, 0.5) is 4.39 Å². The molecular formula is C20H18BrFN4O3. The van der Waals surface area contributed by atoms with Crippen molar-refractivity contribution in [1.82, 2.24) is 20.6 Å². The van der Waals surface area contributed by atoms with Gasteiger partial charge in [-0.1, -0.05) is 24.3 Å². The number of hydrogen-bond acceptors (Lipinski definition) is 4. The number of rotatable bonds is 4. The van der Waals surface area contributed by atoms with Crippen LogP contribution in [0, 0.1) is 5.82 Å².